The maximum atomic E-state index is 12.9. The van der Waals surface area contributed by atoms with Crippen LogP contribution in [0.25, 0.3) is 0 Å². The number of nitrogens with one attached hydrogen (secondary N) is 1. The Kier molecular flexibility index (Phi) is 5.62. The summed E-state index contributed by atoms with van der Waals surface area (Å²) in [6.07, 6.45) is -4.29. The van der Waals surface area contributed by atoms with Gasteiger partial charge in [0, 0.05) is 20.1 Å². The van der Waals surface area contributed by atoms with Crippen LogP contribution < -0.4 is 10.2 Å². The van der Waals surface area contributed by atoms with Crippen LogP contribution in [0, 0.1) is 0 Å². The van der Waals surface area contributed by atoms with Crippen molar-refractivity contribution in [3.8, 4) is 0 Å². The fraction of sp³-hybridized carbons (Fsp3) is 0.615. The summed E-state index contributed by atoms with van der Waals surface area (Å²) in [6.45, 7) is 4.25. The molecule has 0 saturated heterocycles. The van der Waals surface area contributed by atoms with E-state index in [1.54, 1.807) is 14.0 Å². The van der Waals surface area contributed by atoms with Gasteiger partial charge in [0.15, 0.2) is 0 Å². The van der Waals surface area contributed by atoms with E-state index in [4.69, 9.17) is 0 Å². The average Bonchev–Trinajstić information content (AvgIpc) is 2.34. The summed E-state index contributed by atoms with van der Waals surface area (Å²) in [5.41, 5.74) is -0.751. The minimum atomic E-state index is -4.42. The number of nitrogens with zero attached hydrogens (tertiary/aromatic N) is 2. The number of hydrogen-bond donors (Lipinski definition) is 2. The van der Waals surface area contributed by atoms with Crippen LogP contribution in [0.3, 0.4) is 0 Å². The number of pyridine rings is 1. The number of anilines is 2. The Morgan fingerprint density at radius 2 is 2.05 bits per heavy atom. The first-order valence-corrected chi connectivity index (χ1v) is 6.46. The van der Waals surface area contributed by atoms with Crippen LogP contribution in [-0.4, -0.2) is 36.3 Å². The van der Waals surface area contributed by atoms with Crippen molar-refractivity contribution in [3.63, 3.8) is 0 Å². The van der Waals surface area contributed by atoms with E-state index in [-0.39, 0.29) is 18.2 Å². The number of alkyl halides is 3. The molecule has 0 aromatic carbocycles. The first kappa shape index (κ1) is 16.6. The number of halogens is 3. The summed E-state index contributed by atoms with van der Waals surface area (Å²) in [6, 6.07) is 1.98. The standard InChI is InChI=1S/C13H20F3N3O/c1-4-5-17-11-6-10(13(14,15)16)7-12(18-11)19(3)8-9(2)20/h6-7,9,20H,4-5,8H2,1-3H3,(H,17,18). The zero-order valence-electron chi connectivity index (χ0n) is 11.8. The van der Waals surface area contributed by atoms with Crippen LogP contribution in [0.2, 0.25) is 0 Å². The highest BCUT2D eigenvalue weighted by molar-refractivity contribution is 5.51. The quantitative estimate of drug-likeness (QED) is 0.846. The second-order valence-corrected chi connectivity index (χ2v) is 4.75. The van der Waals surface area contributed by atoms with Crippen LogP contribution in [-0.2, 0) is 6.18 Å². The van der Waals surface area contributed by atoms with Crippen molar-refractivity contribution in [2.45, 2.75) is 32.5 Å². The van der Waals surface area contributed by atoms with Crippen molar-refractivity contribution in [1.82, 2.24) is 4.98 Å². The molecule has 1 rings (SSSR count). The summed E-state index contributed by atoms with van der Waals surface area (Å²) in [7, 11) is 1.60. The second kappa shape index (κ2) is 6.78. The maximum absolute atomic E-state index is 12.9. The third kappa shape index (κ3) is 4.88. The molecule has 2 N–H and O–H groups in total. The van der Waals surface area contributed by atoms with Gasteiger partial charge in [-0.1, -0.05) is 6.92 Å². The van der Waals surface area contributed by atoms with Crippen LogP contribution >= 0.6 is 0 Å². The van der Waals surface area contributed by atoms with Gasteiger partial charge in [0.05, 0.1) is 11.7 Å². The summed E-state index contributed by atoms with van der Waals surface area (Å²) >= 11 is 0. The molecule has 0 aliphatic carbocycles. The number of aliphatic hydroxyl groups is 1. The van der Waals surface area contributed by atoms with E-state index in [9.17, 15) is 18.3 Å². The summed E-state index contributed by atoms with van der Waals surface area (Å²) in [5.74, 6) is 0.369. The average molecular weight is 291 g/mol. The molecule has 7 heteroatoms. The highest BCUT2D eigenvalue weighted by Crippen LogP contribution is 2.32. The van der Waals surface area contributed by atoms with Crippen LogP contribution in [0.5, 0.6) is 0 Å². The van der Waals surface area contributed by atoms with Crippen molar-refractivity contribution < 1.29 is 18.3 Å². The lowest BCUT2D eigenvalue weighted by atomic mass is 10.2. The molecule has 0 aliphatic rings. The molecule has 1 aromatic heterocycles. The van der Waals surface area contributed by atoms with Crippen LogP contribution in [0.4, 0.5) is 24.8 Å². The van der Waals surface area contributed by atoms with Gasteiger partial charge in [-0.15, -0.1) is 0 Å². The van der Waals surface area contributed by atoms with E-state index in [0.717, 1.165) is 18.6 Å². The molecule has 1 aromatic rings. The predicted octanol–water partition coefficient (Wildman–Crippen LogP) is 2.74. The van der Waals surface area contributed by atoms with Gasteiger partial charge in [0.1, 0.15) is 11.6 Å². The molecule has 4 nitrogen and oxygen atoms in total. The Balaban J connectivity index is 3.09. The van der Waals surface area contributed by atoms with Gasteiger partial charge in [-0.05, 0) is 25.5 Å². The van der Waals surface area contributed by atoms with E-state index >= 15 is 0 Å². The smallest absolute Gasteiger partial charge is 0.392 e. The summed E-state index contributed by atoms with van der Waals surface area (Å²) in [4.78, 5) is 5.64. The number of aliphatic hydroxyl groups excluding tert-OH is 1. The SMILES string of the molecule is CCCNc1cc(C(F)(F)F)cc(N(C)CC(C)O)n1. The highest BCUT2D eigenvalue weighted by atomic mass is 19.4. The fourth-order valence-electron chi connectivity index (χ4n) is 1.71. The topological polar surface area (TPSA) is 48.4 Å². The second-order valence-electron chi connectivity index (χ2n) is 4.75. The number of hydrogen-bond acceptors (Lipinski definition) is 4. The maximum Gasteiger partial charge on any atom is 0.416 e. The first-order chi connectivity index (χ1) is 9.24. The highest BCUT2D eigenvalue weighted by Gasteiger charge is 2.32. The summed E-state index contributed by atoms with van der Waals surface area (Å²) < 4.78 is 38.6. The number of rotatable bonds is 6. The molecule has 20 heavy (non-hydrogen) atoms. The van der Waals surface area contributed by atoms with Gasteiger partial charge in [0.2, 0.25) is 0 Å². The number of likely N-dealkylation sites (N-methyl/N-ethyl adjacent to an activating group) is 1. The lowest BCUT2D eigenvalue weighted by molar-refractivity contribution is -0.137. The van der Waals surface area contributed by atoms with Crippen molar-refractivity contribution in [1.29, 1.82) is 0 Å². The molecule has 0 saturated carbocycles. The van der Waals surface area contributed by atoms with Gasteiger partial charge in [-0.25, -0.2) is 4.98 Å². The monoisotopic (exact) mass is 291 g/mol. The van der Waals surface area contributed by atoms with E-state index < -0.39 is 17.8 Å². The molecular formula is C13H20F3N3O. The molecule has 1 unspecified atom stereocenters. The predicted molar refractivity (Wildman–Crippen MR) is 73.0 cm³/mol. The number of aromatic nitrogens is 1. The largest absolute Gasteiger partial charge is 0.416 e. The summed E-state index contributed by atoms with van der Waals surface area (Å²) in [5, 5.41) is 12.2. The van der Waals surface area contributed by atoms with Crippen LogP contribution in [0.1, 0.15) is 25.8 Å². The van der Waals surface area contributed by atoms with Gasteiger partial charge in [0.25, 0.3) is 0 Å². The van der Waals surface area contributed by atoms with Gasteiger partial charge in [-0.3, -0.25) is 0 Å². The van der Waals surface area contributed by atoms with E-state index in [1.165, 1.54) is 4.90 Å². The molecule has 0 spiro atoms. The lowest BCUT2D eigenvalue weighted by Crippen LogP contribution is -2.28. The Bertz CT molecular complexity index is 435. The Morgan fingerprint density at radius 3 is 2.55 bits per heavy atom. The molecule has 114 valence electrons. The van der Waals surface area contributed by atoms with Crippen molar-refractivity contribution in [2.24, 2.45) is 0 Å². The molecule has 0 radical (unpaired) electrons. The minimum absolute atomic E-state index is 0.180. The van der Waals surface area contributed by atoms with Crippen molar-refractivity contribution in [3.05, 3.63) is 17.7 Å². The molecule has 0 amide bonds. The zero-order valence-corrected chi connectivity index (χ0v) is 11.8. The van der Waals surface area contributed by atoms with E-state index in [0.29, 0.717) is 6.54 Å². The Labute approximate surface area is 116 Å². The first-order valence-electron chi connectivity index (χ1n) is 6.46. The normalized spacial score (nSPS) is 13.2. The molecule has 1 atom stereocenters. The van der Waals surface area contributed by atoms with E-state index in [2.05, 4.69) is 10.3 Å². The third-order valence-corrected chi connectivity index (χ3v) is 2.62. The fourth-order valence-corrected chi connectivity index (χ4v) is 1.71. The van der Waals surface area contributed by atoms with Gasteiger partial charge >= 0.3 is 6.18 Å². The Hall–Kier alpha value is -1.50. The van der Waals surface area contributed by atoms with Crippen molar-refractivity contribution >= 4 is 11.6 Å². The molecular weight excluding hydrogens is 271 g/mol. The molecule has 0 bridgehead atoms. The van der Waals surface area contributed by atoms with E-state index in [1.807, 2.05) is 6.92 Å². The van der Waals surface area contributed by atoms with Gasteiger partial charge < -0.3 is 15.3 Å². The third-order valence-electron chi connectivity index (χ3n) is 2.62. The lowest BCUT2D eigenvalue weighted by Gasteiger charge is -2.22. The van der Waals surface area contributed by atoms with Gasteiger partial charge in [-0.2, -0.15) is 13.2 Å². The zero-order chi connectivity index (χ0) is 15.3. The Morgan fingerprint density at radius 1 is 1.40 bits per heavy atom. The molecule has 0 fully saturated rings. The van der Waals surface area contributed by atoms with Crippen LogP contribution in [0.15, 0.2) is 12.1 Å². The molecule has 0 aliphatic heterocycles. The molecule has 1 heterocycles. The minimum Gasteiger partial charge on any atom is -0.392 e. The van der Waals surface area contributed by atoms with Crippen molar-refractivity contribution in [2.75, 3.05) is 30.4 Å².